The Bertz CT molecular complexity index is 1280. The molecule has 5 heterocycles. The largest absolute Gasteiger partial charge is 0.491 e. The van der Waals surface area contributed by atoms with Gasteiger partial charge >= 0.3 is 0 Å². The minimum absolute atomic E-state index is 0.573. The van der Waals surface area contributed by atoms with Crippen LogP contribution in [0.1, 0.15) is 12.8 Å². The first-order valence-electron chi connectivity index (χ1n) is 11.1. The third-order valence-corrected chi connectivity index (χ3v) is 6.30. The van der Waals surface area contributed by atoms with Gasteiger partial charge in [0.1, 0.15) is 29.3 Å². The van der Waals surface area contributed by atoms with Gasteiger partial charge in [0.15, 0.2) is 5.75 Å². The number of fused-ring (bicyclic) bond motifs is 4. The number of ether oxygens (including phenoxy) is 2. The first-order chi connectivity index (χ1) is 15.8. The number of nitrogens with one attached hydrogen (secondary N) is 1. The zero-order chi connectivity index (χ0) is 21.5. The van der Waals surface area contributed by atoms with E-state index in [0.717, 1.165) is 54.8 Å². The van der Waals surface area contributed by atoms with Crippen LogP contribution in [-0.4, -0.2) is 64.7 Å². The first-order valence-corrected chi connectivity index (χ1v) is 11.1. The van der Waals surface area contributed by atoms with Crippen LogP contribution in [-0.2, 0) is 0 Å². The second-order valence-corrected chi connectivity index (χ2v) is 8.42. The molecule has 32 heavy (non-hydrogen) atoms. The maximum atomic E-state index is 6.23. The van der Waals surface area contributed by atoms with Gasteiger partial charge in [-0.3, -0.25) is 0 Å². The third-order valence-electron chi connectivity index (χ3n) is 6.30. The summed E-state index contributed by atoms with van der Waals surface area (Å²) in [7, 11) is 2.02. The van der Waals surface area contributed by atoms with E-state index in [9.17, 15) is 0 Å². The highest BCUT2D eigenvalue weighted by atomic mass is 16.5. The zero-order valence-corrected chi connectivity index (χ0v) is 18.0. The fourth-order valence-electron chi connectivity index (χ4n) is 4.41. The van der Waals surface area contributed by atoms with Crippen molar-refractivity contribution in [1.82, 2.24) is 30.1 Å². The van der Waals surface area contributed by atoms with Gasteiger partial charge in [0.2, 0.25) is 11.5 Å². The molecule has 2 aliphatic rings. The topological polar surface area (TPSA) is 89.7 Å². The van der Waals surface area contributed by atoms with E-state index in [0.29, 0.717) is 42.0 Å². The molecule has 9 nitrogen and oxygen atoms in total. The van der Waals surface area contributed by atoms with Crippen LogP contribution in [0, 0.1) is 5.92 Å². The molecule has 1 N–H and O–H groups in total. The quantitative estimate of drug-likeness (QED) is 0.527. The molecule has 0 bridgehead atoms. The van der Waals surface area contributed by atoms with Crippen LogP contribution in [0.15, 0.2) is 36.5 Å². The molecule has 9 heteroatoms. The number of rotatable bonds is 4. The van der Waals surface area contributed by atoms with Gasteiger partial charge in [-0.2, -0.15) is 9.61 Å². The van der Waals surface area contributed by atoms with Gasteiger partial charge in [0.05, 0.1) is 19.3 Å². The molecule has 0 aliphatic carbocycles. The van der Waals surface area contributed by atoms with Crippen LogP contribution in [0.3, 0.4) is 0 Å². The minimum atomic E-state index is 0.573. The minimum Gasteiger partial charge on any atom is -0.491 e. The van der Waals surface area contributed by atoms with Crippen LogP contribution in [0.5, 0.6) is 11.5 Å². The van der Waals surface area contributed by atoms with Gasteiger partial charge in [0.25, 0.3) is 0 Å². The van der Waals surface area contributed by atoms with Gasteiger partial charge < -0.3 is 19.7 Å². The standard InChI is InChI=1S/C23H25N7O2/c1-29-11-12-31-21-18(29)13-25-30-22(27-28-23(21)30)17-6-5-16-3-2-4-19(20(16)26-17)32-14-15-7-9-24-10-8-15/h2-6,13,15,24H,7-12,14H2,1H3. The van der Waals surface area contributed by atoms with Gasteiger partial charge in [-0.1, -0.05) is 18.2 Å². The molecule has 1 fully saturated rings. The lowest BCUT2D eigenvalue weighted by Gasteiger charge is -2.26. The van der Waals surface area contributed by atoms with E-state index in [1.807, 2.05) is 37.4 Å². The molecule has 0 radical (unpaired) electrons. The molecule has 0 amide bonds. The van der Waals surface area contributed by atoms with Crippen LogP contribution in [0.25, 0.3) is 28.1 Å². The highest BCUT2D eigenvalue weighted by Gasteiger charge is 2.23. The molecule has 0 unspecified atom stereocenters. The van der Waals surface area contributed by atoms with Crippen LogP contribution >= 0.6 is 0 Å². The van der Waals surface area contributed by atoms with Crippen molar-refractivity contribution in [2.75, 3.05) is 44.8 Å². The second kappa shape index (κ2) is 7.90. The molecule has 1 saturated heterocycles. The summed E-state index contributed by atoms with van der Waals surface area (Å²) >= 11 is 0. The monoisotopic (exact) mass is 431 g/mol. The lowest BCUT2D eigenvalue weighted by Crippen LogP contribution is -2.30. The summed E-state index contributed by atoms with van der Waals surface area (Å²) in [6.45, 7) is 4.25. The molecular formula is C23H25N7O2. The van der Waals surface area contributed by atoms with Crippen molar-refractivity contribution in [3.8, 4) is 23.0 Å². The van der Waals surface area contributed by atoms with Gasteiger partial charge in [-0.05, 0) is 44.0 Å². The molecule has 2 aliphatic heterocycles. The Balaban J connectivity index is 1.37. The van der Waals surface area contributed by atoms with Crippen molar-refractivity contribution in [2.24, 2.45) is 5.92 Å². The van der Waals surface area contributed by atoms with Crippen LogP contribution in [0.4, 0.5) is 5.69 Å². The fourth-order valence-corrected chi connectivity index (χ4v) is 4.41. The lowest BCUT2D eigenvalue weighted by molar-refractivity contribution is 0.217. The van der Waals surface area contributed by atoms with E-state index in [2.05, 4.69) is 25.5 Å². The predicted octanol–water partition coefficient (Wildman–Crippen LogP) is 2.55. The van der Waals surface area contributed by atoms with E-state index in [1.54, 1.807) is 10.7 Å². The molecule has 0 atom stereocenters. The van der Waals surface area contributed by atoms with Crippen molar-refractivity contribution >= 4 is 22.2 Å². The summed E-state index contributed by atoms with van der Waals surface area (Å²) in [4.78, 5) is 7.02. The normalized spacial score (nSPS) is 16.8. The Morgan fingerprint density at radius 1 is 1.16 bits per heavy atom. The number of piperidine rings is 1. The van der Waals surface area contributed by atoms with Crippen molar-refractivity contribution in [3.05, 3.63) is 36.5 Å². The number of para-hydroxylation sites is 1. The average molecular weight is 432 g/mol. The van der Waals surface area contributed by atoms with Gasteiger partial charge in [0, 0.05) is 12.4 Å². The molecule has 0 spiro atoms. The van der Waals surface area contributed by atoms with E-state index in [4.69, 9.17) is 14.5 Å². The SMILES string of the molecule is CN1CCOc2c1cnn1c(-c3ccc4cccc(OCC5CCNCC5)c4n3)nnc21. The van der Waals surface area contributed by atoms with Crippen molar-refractivity contribution < 1.29 is 9.47 Å². The number of hydrogen-bond donors (Lipinski definition) is 1. The number of nitrogens with zero attached hydrogens (tertiary/aromatic N) is 6. The summed E-state index contributed by atoms with van der Waals surface area (Å²) in [5.74, 6) is 2.66. The molecular weight excluding hydrogens is 406 g/mol. The Hall–Kier alpha value is -3.46. The Kier molecular flexibility index (Phi) is 4.75. The number of aromatic nitrogens is 5. The molecule has 4 aromatic rings. The Morgan fingerprint density at radius 2 is 2.06 bits per heavy atom. The van der Waals surface area contributed by atoms with E-state index in [1.165, 1.54) is 0 Å². The predicted molar refractivity (Wildman–Crippen MR) is 121 cm³/mol. The zero-order valence-electron chi connectivity index (χ0n) is 18.0. The number of pyridine rings is 1. The summed E-state index contributed by atoms with van der Waals surface area (Å²) in [6, 6.07) is 10.0. The molecule has 3 aromatic heterocycles. The second-order valence-electron chi connectivity index (χ2n) is 8.42. The average Bonchev–Trinajstić information content (AvgIpc) is 3.28. The molecule has 6 rings (SSSR count). The number of anilines is 1. The van der Waals surface area contributed by atoms with E-state index in [-0.39, 0.29) is 0 Å². The smallest absolute Gasteiger partial charge is 0.222 e. The summed E-state index contributed by atoms with van der Waals surface area (Å²) in [5.41, 5.74) is 3.04. The maximum absolute atomic E-state index is 6.23. The maximum Gasteiger partial charge on any atom is 0.222 e. The van der Waals surface area contributed by atoms with Crippen molar-refractivity contribution in [1.29, 1.82) is 0 Å². The summed E-state index contributed by atoms with van der Waals surface area (Å²) < 4.78 is 13.8. The fraction of sp³-hybridized carbons (Fsp3) is 0.391. The number of hydrogen-bond acceptors (Lipinski definition) is 8. The van der Waals surface area contributed by atoms with Crippen molar-refractivity contribution in [3.63, 3.8) is 0 Å². The van der Waals surface area contributed by atoms with Crippen LogP contribution < -0.4 is 19.7 Å². The third kappa shape index (κ3) is 3.29. The number of benzene rings is 1. The first kappa shape index (κ1) is 19.2. The lowest BCUT2D eigenvalue weighted by atomic mass is 9.99. The summed E-state index contributed by atoms with van der Waals surface area (Å²) in [5, 5.41) is 17.8. The highest BCUT2D eigenvalue weighted by molar-refractivity contribution is 5.86. The Labute approximate surface area is 185 Å². The van der Waals surface area contributed by atoms with E-state index >= 15 is 0 Å². The van der Waals surface area contributed by atoms with Crippen LogP contribution in [0.2, 0.25) is 0 Å². The number of likely N-dealkylation sites (N-methyl/N-ethyl adjacent to an activating group) is 1. The summed E-state index contributed by atoms with van der Waals surface area (Å²) in [6.07, 6.45) is 4.08. The van der Waals surface area contributed by atoms with Gasteiger partial charge in [-0.25, -0.2) is 4.98 Å². The Morgan fingerprint density at radius 3 is 2.97 bits per heavy atom. The van der Waals surface area contributed by atoms with Crippen molar-refractivity contribution in [2.45, 2.75) is 12.8 Å². The van der Waals surface area contributed by atoms with Gasteiger partial charge in [-0.15, -0.1) is 10.2 Å². The molecule has 1 aromatic carbocycles. The van der Waals surface area contributed by atoms with E-state index < -0.39 is 0 Å². The molecule has 164 valence electrons. The molecule has 0 saturated carbocycles. The highest BCUT2D eigenvalue weighted by Crippen LogP contribution is 2.34.